The molecule has 3 N–H and O–H groups in total. The Morgan fingerprint density at radius 1 is 1.19 bits per heavy atom. The molecule has 0 spiro atoms. The Hall–Kier alpha value is -0.160. The third-order valence-corrected chi connectivity index (χ3v) is 3.85. The normalized spacial score (nSPS) is 34.9. The highest BCUT2D eigenvalue weighted by Crippen LogP contribution is 2.22. The highest BCUT2D eigenvalue weighted by Gasteiger charge is 2.31. The first-order valence-corrected chi connectivity index (χ1v) is 6.41. The monoisotopic (exact) mass is 229 g/mol. The lowest BCUT2D eigenvalue weighted by Crippen LogP contribution is -2.51. The van der Waals surface area contributed by atoms with Crippen molar-refractivity contribution in [1.82, 2.24) is 5.32 Å². The summed E-state index contributed by atoms with van der Waals surface area (Å²) in [6, 6.07) is 0.167. The van der Waals surface area contributed by atoms with Crippen molar-refractivity contribution in [3.63, 3.8) is 0 Å². The van der Waals surface area contributed by atoms with Gasteiger partial charge in [-0.25, -0.2) is 0 Å². The van der Waals surface area contributed by atoms with E-state index < -0.39 is 5.60 Å². The van der Waals surface area contributed by atoms with Gasteiger partial charge in [0.15, 0.2) is 0 Å². The fraction of sp³-hybridized carbons (Fsp3) is 1.00. The highest BCUT2D eigenvalue weighted by molar-refractivity contribution is 4.88. The quantitative estimate of drug-likeness (QED) is 0.656. The third kappa shape index (κ3) is 3.17. The van der Waals surface area contributed by atoms with Gasteiger partial charge >= 0.3 is 0 Å². The van der Waals surface area contributed by atoms with Crippen LogP contribution in [0, 0.1) is 0 Å². The summed E-state index contributed by atoms with van der Waals surface area (Å²) < 4.78 is 5.24. The zero-order valence-corrected chi connectivity index (χ0v) is 9.82. The molecule has 0 aromatic heterocycles. The lowest BCUT2D eigenvalue weighted by Gasteiger charge is -2.36. The van der Waals surface area contributed by atoms with Crippen LogP contribution in [0.4, 0.5) is 0 Å². The van der Waals surface area contributed by atoms with Gasteiger partial charge in [0, 0.05) is 38.6 Å². The van der Waals surface area contributed by atoms with Crippen molar-refractivity contribution in [3.05, 3.63) is 0 Å². The minimum Gasteiger partial charge on any atom is -0.392 e. The van der Waals surface area contributed by atoms with Crippen LogP contribution in [-0.4, -0.2) is 47.7 Å². The summed E-state index contributed by atoms with van der Waals surface area (Å²) in [6.07, 6.45) is 5.36. The van der Waals surface area contributed by atoms with E-state index in [0.29, 0.717) is 32.6 Å². The number of aliphatic hydroxyl groups is 2. The molecule has 2 atom stereocenters. The predicted molar refractivity (Wildman–Crippen MR) is 61.3 cm³/mol. The maximum absolute atomic E-state index is 10.3. The van der Waals surface area contributed by atoms with Crippen LogP contribution in [0.2, 0.25) is 0 Å². The van der Waals surface area contributed by atoms with Crippen LogP contribution < -0.4 is 5.32 Å². The average Bonchev–Trinajstić information content (AvgIpc) is 2.29. The van der Waals surface area contributed by atoms with Gasteiger partial charge in [0.2, 0.25) is 0 Å². The molecule has 0 aromatic carbocycles. The number of ether oxygens (including phenoxy) is 1. The van der Waals surface area contributed by atoms with Crippen molar-refractivity contribution in [2.75, 3.05) is 19.8 Å². The molecule has 4 nitrogen and oxygen atoms in total. The molecular weight excluding hydrogens is 206 g/mol. The van der Waals surface area contributed by atoms with Gasteiger partial charge in [-0.3, -0.25) is 0 Å². The van der Waals surface area contributed by atoms with Crippen LogP contribution in [0.3, 0.4) is 0 Å². The molecule has 2 rings (SSSR count). The minimum atomic E-state index is -0.630. The van der Waals surface area contributed by atoms with E-state index in [0.717, 1.165) is 19.3 Å². The fourth-order valence-corrected chi connectivity index (χ4v) is 2.60. The van der Waals surface area contributed by atoms with E-state index in [1.807, 2.05) is 0 Å². The maximum atomic E-state index is 10.3. The highest BCUT2D eigenvalue weighted by atomic mass is 16.5. The first-order valence-electron chi connectivity index (χ1n) is 6.41. The summed E-state index contributed by atoms with van der Waals surface area (Å²) in [5, 5.41) is 23.4. The SMILES string of the molecule is OC1CCCCC1NCC1(O)CCOCC1. The van der Waals surface area contributed by atoms with E-state index in [-0.39, 0.29) is 12.1 Å². The number of rotatable bonds is 3. The number of aliphatic hydroxyl groups excluding tert-OH is 1. The van der Waals surface area contributed by atoms with Crippen LogP contribution in [-0.2, 0) is 4.74 Å². The molecule has 2 unspecified atom stereocenters. The molecule has 0 radical (unpaired) electrons. The molecular formula is C12H23NO3. The van der Waals surface area contributed by atoms with E-state index in [4.69, 9.17) is 4.74 Å². The van der Waals surface area contributed by atoms with Gasteiger partial charge in [-0.1, -0.05) is 12.8 Å². The minimum absolute atomic E-state index is 0.167. The summed E-state index contributed by atoms with van der Waals surface area (Å²) >= 11 is 0. The summed E-state index contributed by atoms with van der Waals surface area (Å²) in [6.45, 7) is 1.87. The molecule has 1 aliphatic heterocycles. The van der Waals surface area contributed by atoms with Gasteiger partial charge in [0.1, 0.15) is 0 Å². The Kier molecular flexibility index (Phi) is 4.19. The summed E-state index contributed by atoms with van der Waals surface area (Å²) in [4.78, 5) is 0. The molecule has 94 valence electrons. The van der Waals surface area contributed by atoms with Gasteiger partial charge in [-0.05, 0) is 12.8 Å². The Morgan fingerprint density at radius 3 is 2.56 bits per heavy atom. The molecule has 1 saturated carbocycles. The molecule has 0 bridgehead atoms. The van der Waals surface area contributed by atoms with E-state index >= 15 is 0 Å². The van der Waals surface area contributed by atoms with Crippen LogP contribution in [0.25, 0.3) is 0 Å². The lowest BCUT2D eigenvalue weighted by molar-refractivity contribution is -0.0655. The Morgan fingerprint density at radius 2 is 1.88 bits per heavy atom. The van der Waals surface area contributed by atoms with E-state index in [9.17, 15) is 10.2 Å². The molecule has 0 aromatic rings. The first kappa shape index (κ1) is 12.3. The number of nitrogens with one attached hydrogen (secondary N) is 1. The second-order valence-electron chi connectivity index (χ2n) is 5.18. The Balaban J connectivity index is 1.76. The summed E-state index contributed by atoms with van der Waals surface area (Å²) in [7, 11) is 0. The lowest BCUT2D eigenvalue weighted by atomic mass is 9.90. The smallest absolute Gasteiger partial charge is 0.0815 e. The largest absolute Gasteiger partial charge is 0.392 e. The Labute approximate surface area is 97.0 Å². The van der Waals surface area contributed by atoms with Crippen LogP contribution >= 0.6 is 0 Å². The second-order valence-corrected chi connectivity index (χ2v) is 5.18. The van der Waals surface area contributed by atoms with Gasteiger partial charge in [-0.15, -0.1) is 0 Å². The first-order chi connectivity index (χ1) is 7.70. The van der Waals surface area contributed by atoms with Crippen LogP contribution in [0.1, 0.15) is 38.5 Å². The van der Waals surface area contributed by atoms with Gasteiger partial charge < -0.3 is 20.3 Å². The zero-order valence-electron chi connectivity index (χ0n) is 9.82. The van der Waals surface area contributed by atoms with Crippen molar-refractivity contribution in [2.45, 2.75) is 56.3 Å². The molecule has 16 heavy (non-hydrogen) atoms. The van der Waals surface area contributed by atoms with E-state index in [1.54, 1.807) is 0 Å². The molecule has 1 heterocycles. The zero-order chi connectivity index (χ0) is 11.4. The predicted octanol–water partition coefficient (Wildman–Crippen LogP) is 0.421. The molecule has 0 amide bonds. The van der Waals surface area contributed by atoms with Gasteiger partial charge in [0.25, 0.3) is 0 Å². The Bertz CT molecular complexity index is 216. The van der Waals surface area contributed by atoms with Crippen LogP contribution in [0.15, 0.2) is 0 Å². The fourth-order valence-electron chi connectivity index (χ4n) is 2.60. The maximum Gasteiger partial charge on any atom is 0.0815 e. The van der Waals surface area contributed by atoms with Gasteiger partial charge in [0.05, 0.1) is 11.7 Å². The van der Waals surface area contributed by atoms with Crippen molar-refractivity contribution in [3.8, 4) is 0 Å². The average molecular weight is 229 g/mol. The van der Waals surface area contributed by atoms with Crippen LogP contribution in [0.5, 0.6) is 0 Å². The third-order valence-electron chi connectivity index (χ3n) is 3.85. The van der Waals surface area contributed by atoms with E-state index in [2.05, 4.69) is 5.32 Å². The van der Waals surface area contributed by atoms with Gasteiger partial charge in [-0.2, -0.15) is 0 Å². The number of hydrogen-bond acceptors (Lipinski definition) is 4. The standard InChI is InChI=1S/C12H23NO3/c14-11-4-2-1-3-10(11)13-9-12(15)5-7-16-8-6-12/h10-11,13-15H,1-9H2. The molecule has 4 heteroatoms. The van der Waals surface area contributed by atoms with E-state index in [1.165, 1.54) is 6.42 Å². The summed E-state index contributed by atoms with van der Waals surface area (Å²) in [5.74, 6) is 0. The molecule has 2 aliphatic rings. The van der Waals surface area contributed by atoms with Crippen molar-refractivity contribution in [2.24, 2.45) is 0 Å². The molecule has 1 saturated heterocycles. The number of hydrogen-bond donors (Lipinski definition) is 3. The molecule has 1 aliphatic carbocycles. The molecule has 2 fully saturated rings. The second kappa shape index (κ2) is 5.45. The van der Waals surface area contributed by atoms with Crippen molar-refractivity contribution < 1.29 is 14.9 Å². The topological polar surface area (TPSA) is 61.7 Å². The summed E-state index contributed by atoms with van der Waals surface area (Å²) in [5.41, 5.74) is -0.630. The van der Waals surface area contributed by atoms with Crippen molar-refractivity contribution in [1.29, 1.82) is 0 Å². The van der Waals surface area contributed by atoms with Crippen molar-refractivity contribution >= 4 is 0 Å².